The maximum absolute atomic E-state index is 13.1. The van der Waals surface area contributed by atoms with Crippen LogP contribution in [0.15, 0.2) is 29.2 Å². The predicted molar refractivity (Wildman–Crippen MR) is 96.2 cm³/mol. The molecule has 8 nitrogen and oxygen atoms in total. The minimum atomic E-state index is -3.71. The first kappa shape index (κ1) is 19.8. The van der Waals surface area contributed by atoms with Crippen LogP contribution in [0.25, 0.3) is 0 Å². The molecule has 0 radical (unpaired) electrons. The Morgan fingerprint density at radius 1 is 1.15 bits per heavy atom. The average Bonchev–Trinajstić information content (AvgIpc) is 3.06. The number of benzene rings is 1. The van der Waals surface area contributed by atoms with Crippen LogP contribution in [0.2, 0.25) is 0 Å². The van der Waals surface area contributed by atoms with E-state index in [2.05, 4.69) is 0 Å². The zero-order valence-corrected chi connectivity index (χ0v) is 16.3. The topological polar surface area (TPSA) is 93.2 Å². The number of carbonyl (C=O) groups is 2. The predicted octanol–water partition coefficient (Wildman–Crippen LogP) is 0.898. The highest BCUT2D eigenvalue weighted by Gasteiger charge is 2.51. The Balaban J connectivity index is 1.76. The lowest BCUT2D eigenvalue weighted by molar-refractivity contribution is -0.163. The molecule has 0 aromatic heterocycles. The Morgan fingerprint density at radius 2 is 1.78 bits per heavy atom. The zero-order valence-electron chi connectivity index (χ0n) is 15.5. The van der Waals surface area contributed by atoms with Crippen LogP contribution >= 0.6 is 0 Å². The summed E-state index contributed by atoms with van der Waals surface area (Å²) >= 11 is 0. The molecular formula is C18H24N2O6S. The van der Waals surface area contributed by atoms with Gasteiger partial charge in [0.05, 0.1) is 18.1 Å². The highest BCUT2D eigenvalue weighted by molar-refractivity contribution is 7.89. The number of esters is 1. The van der Waals surface area contributed by atoms with Gasteiger partial charge < -0.3 is 14.4 Å². The number of carbonyl (C=O) groups excluding carboxylic acids is 2. The summed E-state index contributed by atoms with van der Waals surface area (Å²) in [4.78, 5) is 25.4. The molecule has 2 saturated heterocycles. The third kappa shape index (κ3) is 3.71. The molecule has 3 rings (SSSR count). The molecule has 0 saturated carbocycles. The third-order valence-corrected chi connectivity index (χ3v) is 6.97. The number of rotatable bonds is 3. The van der Waals surface area contributed by atoms with Gasteiger partial charge in [0.1, 0.15) is 5.72 Å². The van der Waals surface area contributed by atoms with Crippen molar-refractivity contribution in [3.05, 3.63) is 29.8 Å². The molecule has 2 fully saturated rings. The van der Waals surface area contributed by atoms with Crippen molar-refractivity contribution in [3.8, 4) is 0 Å². The summed E-state index contributed by atoms with van der Waals surface area (Å²) in [7, 11) is -3.71. The fourth-order valence-corrected chi connectivity index (χ4v) is 5.27. The van der Waals surface area contributed by atoms with Crippen molar-refractivity contribution in [3.63, 3.8) is 0 Å². The quantitative estimate of drug-likeness (QED) is 0.557. The lowest BCUT2D eigenvalue weighted by Gasteiger charge is -2.42. The largest absolute Gasteiger partial charge is 0.459 e. The summed E-state index contributed by atoms with van der Waals surface area (Å²) in [6.07, 6.45) is 0.618. The molecule has 0 bridgehead atoms. The van der Waals surface area contributed by atoms with Crippen LogP contribution in [0.3, 0.4) is 0 Å². The van der Waals surface area contributed by atoms with Crippen LogP contribution in [0, 0.1) is 6.92 Å². The second kappa shape index (κ2) is 7.57. The molecule has 0 unspecified atom stereocenters. The number of piperidine rings is 1. The van der Waals surface area contributed by atoms with Gasteiger partial charge in [0, 0.05) is 32.5 Å². The summed E-state index contributed by atoms with van der Waals surface area (Å²) in [5.74, 6) is -1.58. The summed E-state index contributed by atoms with van der Waals surface area (Å²) < 4.78 is 38.2. The molecule has 1 spiro atoms. The van der Waals surface area contributed by atoms with Gasteiger partial charge in [-0.1, -0.05) is 17.7 Å². The van der Waals surface area contributed by atoms with E-state index in [0.29, 0.717) is 19.4 Å². The molecule has 2 aliphatic heterocycles. The van der Waals surface area contributed by atoms with Crippen molar-refractivity contribution in [1.29, 1.82) is 0 Å². The number of hydrogen-bond donors (Lipinski definition) is 0. The van der Waals surface area contributed by atoms with Crippen molar-refractivity contribution in [2.24, 2.45) is 0 Å². The Labute approximate surface area is 159 Å². The molecule has 148 valence electrons. The van der Waals surface area contributed by atoms with Crippen molar-refractivity contribution >= 4 is 21.9 Å². The van der Waals surface area contributed by atoms with Crippen molar-refractivity contribution in [1.82, 2.24) is 9.21 Å². The highest BCUT2D eigenvalue weighted by atomic mass is 32.2. The van der Waals surface area contributed by atoms with Gasteiger partial charge in [-0.3, -0.25) is 4.79 Å². The van der Waals surface area contributed by atoms with Gasteiger partial charge in [0.15, 0.2) is 0 Å². The Bertz CT molecular complexity index is 813. The molecule has 0 aliphatic carbocycles. The molecule has 1 aromatic rings. The first-order valence-corrected chi connectivity index (χ1v) is 10.4. The van der Waals surface area contributed by atoms with Gasteiger partial charge >= 0.3 is 11.9 Å². The fraction of sp³-hybridized carbons (Fsp3) is 0.556. The molecule has 0 N–H and O–H groups in total. The second-order valence-electron chi connectivity index (χ2n) is 6.70. The minimum Gasteiger partial charge on any atom is -0.459 e. The van der Waals surface area contributed by atoms with E-state index in [1.807, 2.05) is 6.92 Å². The number of ether oxygens (including phenoxy) is 2. The number of hydrogen-bond acceptors (Lipinski definition) is 6. The maximum Gasteiger partial charge on any atom is 0.397 e. The Morgan fingerprint density at radius 3 is 2.37 bits per heavy atom. The molecular weight excluding hydrogens is 372 g/mol. The number of aryl methyl sites for hydroxylation is 1. The Hall–Kier alpha value is -1.97. The number of nitrogens with zero attached hydrogens (tertiary/aromatic N) is 2. The minimum absolute atomic E-state index is 0.133. The van der Waals surface area contributed by atoms with E-state index < -0.39 is 27.6 Å². The number of likely N-dealkylation sites (tertiary alicyclic amines) is 1. The smallest absolute Gasteiger partial charge is 0.397 e. The van der Waals surface area contributed by atoms with Crippen LogP contribution in [-0.2, 0) is 29.1 Å². The molecule has 1 aromatic carbocycles. The van der Waals surface area contributed by atoms with Gasteiger partial charge in [-0.15, -0.1) is 0 Å². The molecule has 0 atom stereocenters. The number of amides is 1. The van der Waals surface area contributed by atoms with Gasteiger partial charge in [-0.25, -0.2) is 13.2 Å². The van der Waals surface area contributed by atoms with Crippen molar-refractivity contribution in [2.45, 2.75) is 37.3 Å². The SMILES string of the molecule is CCOC(=O)C(=O)N1CCC2(CC1)OCCN2S(=O)(=O)c1ccc(C)cc1. The summed E-state index contributed by atoms with van der Waals surface area (Å²) in [6.45, 7) is 4.70. The lowest BCUT2D eigenvalue weighted by atomic mass is 10.0. The summed E-state index contributed by atoms with van der Waals surface area (Å²) in [5, 5.41) is 0. The molecule has 1 amide bonds. The van der Waals surface area contributed by atoms with E-state index in [0.717, 1.165) is 5.56 Å². The molecule has 27 heavy (non-hydrogen) atoms. The third-order valence-electron chi connectivity index (χ3n) is 5.01. The van der Waals surface area contributed by atoms with E-state index in [1.54, 1.807) is 31.2 Å². The summed E-state index contributed by atoms with van der Waals surface area (Å²) in [6, 6.07) is 6.71. The first-order valence-electron chi connectivity index (χ1n) is 9.00. The van der Waals surface area contributed by atoms with Crippen LogP contribution in [0.5, 0.6) is 0 Å². The van der Waals surface area contributed by atoms with Gasteiger partial charge in [0.25, 0.3) is 0 Å². The van der Waals surface area contributed by atoms with Crippen LogP contribution in [-0.4, -0.2) is 68.1 Å². The van der Waals surface area contributed by atoms with Crippen molar-refractivity contribution < 1.29 is 27.5 Å². The van der Waals surface area contributed by atoms with E-state index in [9.17, 15) is 18.0 Å². The second-order valence-corrected chi connectivity index (χ2v) is 8.56. The van der Waals surface area contributed by atoms with E-state index in [-0.39, 0.29) is 31.1 Å². The molecule has 2 aliphatic rings. The molecule has 2 heterocycles. The Kier molecular flexibility index (Phi) is 5.55. The number of sulfonamides is 1. The van der Waals surface area contributed by atoms with Crippen molar-refractivity contribution in [2.75, 3.05) is 32.8 Å². The van der Waals surface area contributed by atoms with E-state index in [4.69, 9.17) is 9.47 Å². The van der Waals surface area contributed by atoms with E-state index in [1.165, 1.54) is 9.21 Å². The lowest BCUT2D eigenvalue weighted by Crippen LogP contribution is -2.56. The van der Waals surface area contributed by atoms with E-state index >= 15 is 0 Å². The standard InChI is InChI=1S/C18H24N2O6S/c1-3-25-17(22)16(21)19-10-8-18(9-11-19)20(12-13-26-18)27(23,24)15-6-4-14(2)5-7-15/h4-7H,3,8-13H2,1-2H3. The van der Waals surface area contributed by atoms with Crippen LogP contribution < -0.4 is 0 Å². The maximum atomic E-state index is 13.1. The van der Waals surface area contributed by atoms with Crippen LogP contribution in [0.4, 0.5) is 0 Å². The first-order chi connectivity index (χ1) is 12.8. The van der Waals surface area contributed by atoms with Crippen LogP contribution in [0.1, 0.15) is 25.3 Å². The fourth-order valence-electron chi connectivity index (χ4n) is 3.55. The summed E-state index contributed by atoms with van der Waals surface area (Å²) in [5.41, 5.74) is 0.00179. The van der Waals surface area contributed by atoms with Gasteiger partial charge in [0.2, 0.25) is 10.0 Å². The average molecular weight is 396 g/mol. The zero-order chi connectivity index (χ0) is 19.7. The monoisotopic (exact) mass is 396 g/mol. The van der Waals surface area contributed by atoms with Gasteiger partial charge in [-0.2, -0.15) is 4.31 Å². The van der Waals surface area contributed by atoms with Gasteiger partial charge in [-0.05, 0) is 26.0 Å². The normalized spacial score (nSPS) is 20.0. The molecule has 9 heteroatoms. The highest BCUT2D eigenvalue weighted by Crippen LogP contribution is 2.38.